The zero-order chi connectivity index (χ0) is 15.5. The lowest BCUT2D eigenvalue weighted by Gasteiger charge is -2.24. The van der Waals surface area contributed by atoms with Crippen molar-refractivity contribution in [3.8, 4) is 5.75 Å². The van der Waals surface area contributed by atoms with Gasteiger partial charge in [0, 0.05) is 11.1 Å². The number of ketones is 1. The molecule has 110 valence electrons. The first-order valence-electron chi connectivity index (χ1n) is 6.70. The monoisotopic (exact) mass is 277 g/mol. The summed E-state index contributed by atoms with van der Waals surface area (Å²) in [7, 11) is 0. The first kappa shape index (κ1) is 16.2. The van der Waals surface area contributed by atoms with Crippen LogP contribution in [-0.4, -0.2) is 23.3 Å². The number of rotatable bonds is 4. The summed E-state index contributed by atoms with van der Waals surface area (Å²) in [5, 5.41) is 2.87. The van der Waals surface area contributed by atoms with Crippen LogP contribution in [0.3, 0.4) is 0 Å². The fourth-order valence-corrected chi connectivity index (χ4v) is 1.72. The third kappa shape index (κ3) is 4.68. The molecule has 1 unspecified atom stereocenters. The topological polar surface area (TPSA) is 55.4 Å². The quantitative estimate of drug-likeness (QED) is 0.861. The molecule has 0 bridgehead atoms. The van der Waals surface area contributed by atoms with Crippen LogP contribution in [0, 0.1) is 6.92 Å². The van der Waals surface area contributed by atoms with Gasteiger partial charge in [-0.3, -0.25) is 9.59 Å². The third-order valence-electron chi connectivity index (χ3n) is 2.75. The molecule has 0 fully saturated rings. The first-order valence-corrected chi connectivity index (χ1v) is 6.70. The van der Waals surface area contributed by atoms with E-state index < -0.39 is 6.10 Å². The SMILES string of the molecule is CC(=O)c1ccc(OC(C)C(=O)NC(C)(C)C)c(C)c1. The highest BCUT2D eigenvalue weighted by Crippen LogP contribution is 2.21. The highest BCUT2D eigenvalue weighted by Gasteiger charge is 2.21. The van der Waals surface area contributed by atoms with Gasteiger partial charge in [0.15, 0.2) is 11.9 Å². The molecule has 0 radical (unpaired) electrons. The number of nitrogens with one attached hydrogen (secondary N) is 1. The van der Waals surface area contributed by atoms with Crippen molar-refractivity contribution in [1.82, 2.24) is 5.32 Å². The highest BCUT2D eigenvalue weighted by molar-refractivity contribution is 5.94. The Morgan fingerprint density at radius 3 is 2.30 bits per heavy atom. The molecule has 0 heterocycles. The summed E-state index contributed by atoms with van der Waals surface area (Å²) >= 11 is 0. The maximum absolute atomic E-state index is 12.0. The van der Waals surface area contributed by atoms with Crippen LogP contribution < -0.4 is 10.1 Å². The van der Waals surface area contributed by atoms with Crippen LogP contribution in [-0.2, 0) is 4.79 Å². The van der Waals surface area contributed by atoms with Crippen LogP contribution in [0.2, 0.25) is 0 Å². The highest BCUT2D eigenvalue weighted by atomic mass is 16.5. The number of hydrogen-bond acceptors (Lipinski definition) is 3. The molecule has 1 N–H and O–H groups in total. The minimum absolute atomic E-state index is 0.0122. The lowest BCUT2D eigenvalue weighted by Crippen LogP contribution is -2.46. The average molecular weight is 277 g/mol. The number of carbonyl (C=O) groups is 2. The fourth-order valence-electron chi connectivity index (χ4n) is 1.72. The van der Waals surface area contributed by atoms with Gasteiger partial charge in [0.05, 0.1) is 0 Å². The van der Waals surface area contributed by atoms with Crippen molar-refractivity contribution in [3.05, 3.63) is 29.3 Å². The lowest BCUT2D eigenvalue weighted by molar-refractivity contribution is -0.128. The summed E-state index contributed by atoms with van der Waals surface area (Å²) in [6.07, 6.45) is -0.587. The normalized spacial score (nSPS) is 12.7. The van der Waals surface area contributed by atoms with Gasteiger partial charge >= 0.3 is 0 Å². The smallest absolute Gasteiger partial charge is 0.261 e. The van der Waals surface area contributed by atoms with Gasteiger partial charge in [0.25, 0.3) is 5.91 Å². The number of carbonyl (C=O) groups excluding carboxylic acids is 2. The Balaban J connectivity index is 2.78. The van der Waals surface area contributed by atoms with Crippen LogP contribution in [0.25, 0.3) is 0 Å². The van der Waals surface area contributed by atoms with E-state index in [1.54, 1.807) is 25.1 Å². The molecule has 1 rings (SSSR count). The van der Waals surface area contributed by atoms with Crippen molar-refractivity contribution in [3.63, 3.8) is 0 Å². The van der Waals surface area contributed by atoms with E-state index in [4.69, 9.17) is 4.74 Å². The van der Waals surface area contributed by atoms with E-state index in [-0.39, 0.29) is 17.2 Å². The van der Waals surface area contributed by atoms with Gasteiger partial charge in [0.2, 0.25) is 0 Å². The number of hydrogen-bond donors (Lipinski definition) is 1. The number of benzene rings is 1. The Labute approximate surface area is 120 Å². The van der Waals surface area contributed by atoms with Crippen LogP contribution in [0.5, 0.6) is 5.75 Å². The molecule has 1 aromatic rings. The zero-order valence-corrected chi connectivity index (χ0v) is 13.0. The van der Waals surface area contributed by atoms with E-state index >= 15 is 0 Å². The second kappa shape index (κ2) is 6.07. The minimum Gasteiger partial charge on any atom is -0.481 e. The van der Waals surface area contributed by atoms with Crippen LogP contribution in [0.1, 0.15) is 50.5 Å². The average Bonchev–Trinajstić information content (AvgIpc) is 2.29. The van der Waals surface area contributed by atoms with Gasteiger partial charge in [-0.15, -0.1) is 0 Å². The molecule has 1 aromatic carbocycles. The molecule has 0 saturated carbocycles. The molecule has 0 aliphatic heterocycles. The molecule has 1 amide bonds. The molecular formula is C16H23NO3. The molecule has 0 aliphatic carbocycles. The second-order valence-corrected chi connectivity index (χ2v) is 6.04. The van der Waals surface area contributed by atoms with E-state index in [1.165, 1.54) is 6.92 Å². The van der Waals surface area contributed by atoms with Crippen molar-refractivity contribution < 1.29 is 14.3 Å². The van der Waals surface area contributed by atoms with E-state index in [2.05, 4.69) is 5.32 Å². The molecule has 0 aromatic heterocycles. The van der Waals surface area contributed by atoms with E-state index in [0.717, 1.165) is 5.56 Å². The number of aryl methyl sites for hydroxylation is 1. The van der Waals surface area contributed by atoms with Crippen LogP contribution in [0.4, 0.5) is 0 Å². The molecular weight excluding hydrogens is 254 g/mol. The van der Waals surface area contributed by atoms with Crippen molar-refractivity contribution in [2.24, 2.45) is 0 Å². The van der Waals surface area contributed by atoms with Crippen molar-refractivity contribution in [1.29, 1.82) is 0 Å². The predicted octanol–water partition coefficient (Wildman–Crippen LogP) is 2.88. The Hall–Kier alpha value is -1.84. The maximum Gasteiger partial charge on any atom is 0.261 e. The van der Waals surface area contributed by atoms with Gasteiger partial charge in [-0.2, -0.15) is 0 Å². The van der Waals surface area contributed by atoms with Gasteiger partial charge in [0.1, 0.15) is 5.75 Å². The molecule has 4 heteroatoms. The number of Topliss-reactive ketones (excluding diaryl/α,β-unsaturated/α-hetero) is 1. The summed E-state index contributed by atoms with van der Waals surface area (Å²) in [6, 6.07) is 5.21. The van der Waals surface area contributed by atoms with Crippen LogP contribution in [0.15, 0.2) is 18.2 Å². The summed E-state index contributed by atoms with van der Waals surface area (Å²) in [4.78, 5) is 23.3. The maximum atomic E-state index is 12.0. The summed E-state index contributed by atoms with van der Waals surface area (Å²) in [5.74, 6) is 0.470. The summed E-state index contributed by atoms with van der Waals surface area (Å²) in [6.45, 7) is 10.9. The Bertz CT molecular complexity index is 515. The molecule has 20 heavy (non-hydrogen) atoms. The molecule has 0 aliphatic rings. The zero-order valence-electron chi connectivity index (χ0n) is 13.0. The predicted molar refractivity (Wildman–Crippen MR) is 79.2 cm³/mol. The summed E-state index contributed by atoms with van der Waals surface area (Å²) < 4.78 is 5.66. The largest absolute Gasteiger partial charge is 0.481 e. The Kier molecular flexibility index (Phi) is 4.93. The number of amides is 1. The molecule has 1 atom stereocenters. The van der Waals surface area contributed by atoms with Crippen molar-refractivity contribution in [2.45, 2.75) is 53.2 Å². The minimum atomic E-state index is -0.587. The second-order valence-electron chi connectivity index (χ2n) is 6.04. The van der Waals surface area contributed by atoms with E-state index in [9.17, 15) is 9.59 Å². The Morgan fingerprint density at radius 2 is 1.85 bits per heavy atom. The van der Waals surface area contributed by atoms with E-state index in [1.807, 2.05) is 27.7 Å². The Morgan fingerprint density at radius 1 is 1.25 bits per heavy atom. The molecule has 4 nitrogen and oxygen atoms in total. The standard InChI is InChI=1S/C16H23NO3/c1-10-9-13(11(2)18)7-8-14(10)20-12(3)15(19)17-16(4,5)6/h7-9,12H,1-6H3,(H,17,19). The molecule has 0 saturated heterocycles. The van der Waals surface area contributed by atoms with Crippen LogP contribution >= 0.6 is 0 Å². The fraction of sp³-hybridized carbons (Fsp3) is 0.500. The number of ether oxygens (including phenoxy) is 1. The third-order valence-corrected chi connectivity index (χ3v) is 2.75. The van der Waals surface area contributed by atoms with Gasteiger partial charge in [-0.05, 0) is 65.3 Å². The van der Waals surface area contributed by atoms with Gasteiger partial charge in [-0.25, -0.2) is 0 Å². The molecule has 0 spiro atoms. The van der Waals surface area contributed by atoms with Crippen molar-refractivity contribution in [2.75, 3.05) is 0 Å². The summed E-state index contributed by atoms with van der Waals surface area (Å²) in [5.41, 5.74) is 1.19. The van der Waals surface area contributed by atoms with Gasteiger partial charge < -0.3 is 10.1 Å². The van der Waals surface area contributed by atoms with E-state index in [0.29, 0.717) is 11.3 Å². The van der Waals surface area contributed by atoms with Crippen molar-refractivity contribution >= 4 is 11.7 Å². The lowest BCUT2D eigenvalue weighted by atomic mass is 10.1. The van der Waals surface area contributed by atoms with Gasteiger partial charge in [-0.1, -0.05) is 0 Å². The first-order chi connectivity index (χ1) is 9.10.